The highest BCUT2D eigenvalue weighted by atomic mass is 127. The van der Waals surface area contributed by atoms with Crippen molar-refractivity contribution in [2.45, 2.75) is 0 Å². The van der Waals surface area contributed by atoms with E-state index in [0.29, 0.717) is 0 Å². The van der Waals surface area contributed by atoms with Crippen LogP contribution < -0.4 is 0 Å². The molecule has 1 nitrogen and oxygen atoms in total. The summed E-state index contributed by atoms with van der Waals surface area (Å²) in [6.07, 6.45) is 1.56. The lowest BCUT2D eigenvalue weighted by atomic mass is 10.1. The standard InChI is InChI=1S/C11H7FIN/c12-11-6-10(13)9(7-14-11)8-4-2-1-3-5-8/h1-7H. The molecule has 1 aromatic heterocycles. The summed E-state index contributed by atoms with van der Waals surface area (Å²) in [4.78, 5) is 3.64. The fourth-order valence-electron chi connectivity index (χ4n) is 1.24. The van der Waals surface area contributed by atoms with E-state index in [2.05, 4.69) is 27.6 Å². The van der Waals surface area contributed by atoms with E-state index in [-0.39, 0.29) is 0 Å². The van der Waals surface area contributed by atoms with Crippen molar-refractivity contribution in [1.29, 1.82) is 0 Å². The normalized spacial score (nSPS) is 10.1. The topological polar surface area (TPSA) is 12.9 Å². The number of aromatic nitrogens is 1. The lowest BCUT2D eigenvalue weighted by Gasteiger charge is -2.03. The molecule has 2 aromatic rings. The molecule has 0 bridgehead atoms. The highest BCUT2D eigenvalue weighted by Gasteiger charge is 2.03. The third-order valence-electron chi connectivity index (χ3n) is 1.90. The molecule has 0 unspecified atom stereocenters. The quantitative estimate of drug-likeness (QED) is 0.580. The zero-order valence-corrected chi connectivity index (χ0v) is 9.40. The van der Waals surface area contributed by atoms with Gasteiger partial charge in [0.05, 0.1) is 0 Å². The van der Waals surface area contributed by atoms with Gasteiger partial charge < -0.3 is 0 Å². The number of benzene rings is 1. The largest absolute Gasteiger partial charge is 0.228 e. The molecule has 14 heavy (non-hydrogen) atoms. The van der Waals surface area contributed by atoms with E-state index in [1.54, 1.807) is 6.20 Å². The molecular formula is C11H7FIN. The van der Waals surface area contributed by atoms with E-state index in [1.807, 2.05) is 30.3 Å². The molecule has 0 amide bonds. The van der Waals surface area contributed by atoms with Gasteiger partial charge in [-0.3, -0.25) is 0 Å². The molecular weight excluding hydrogens is 292 g/mol. The summed E-state index contributed by atoms with van der Waals surface area (Å²) in [6.45, 7) is 0. The van der Waals surface area contributed by atoms with E-state index >= 15 is 0 Å². The van der Waals surface area contributed by atoms with Crippen molar-refractivity contribution in [2.24, 2.45) is 0 Å². The number of hydrogen-bond donors (Lipinski definition) is 0. The van der Waals surface area contributed by atoms with Crippen LogP contribution in [0.4, 0.5) is 4.39 Å². The zero-order chi connectivity index (χ0) is 9.97. The Morgan fingerprint density at radius 2 is 1.86 bits per heavy atom. The Labute approximate surface area is 95.1 Å². The molecule has 0 atom stereocenters. The van der Waals surface area contributed by atoms with Crippen LogP contribution in [-0.4, -0.2) is 4.98 Å². The van der Waals surface area contributed by atoms with Crippen LogP contribution in [-0.2, 0) is 0 Å². The first-order chi connectivity index (χ1) is 6.77. The minimum Gasteiger partial charge on any atom is -0.228 e. The fourth-order valence-corrected chi connectivity index (χ4v) is 1.95. The van der Waals surface area contributed by atoms with Gasteiger partial charge in [-0.1, -0.05) is 30.3 Å². The van der Waals surface area contributed by atoms with E-state index in [1.165, 1.54) is 6.07 Å². The first-order valence-corrected chi connectivity index (χ1v) is 5.22. The first-order valence-electron chi connectivity index (χ1n) is 4.14. The van der Waals surface area contributed by atoms with E-state index in [9.17, 15) is 4.39 Å². The monoisotopic (exact) mass is 299 g/mol. The maximum absolute atomic E-state index is 12.7. The molecule has 1 heterocycles. The second-order valence-corrected chi connectivity index (χ2v) is 4.02. The highest BCUT2D eigenvalue weighted by molar-refractivity contribution is 14.1. The van der Waals surface area contributed by atoms with Crippen molar-refractivity contribution in [3.8, 4) is 11.1 Å². The number of halogens is 2. The Morgan fingerprint density at radius 3 is 2.50 bits per heavy atom. The minimum absolute atomic E-state index is 0.436. The fraction of sp³-hybridized carbons (Fsp3) is 0. The van der Waals surface area contributed by atoms with Crippen LogP contribution >= 0.6 is 22.6 Å². The van der Waals surface area contributed by atoms with Crippen molar-refractivity contribution in [3.63, 3.8) is 0 Å². The second kappa shape index (κ2) is 4.04. The number of pyridine rings is 1. The number of nitrogens with zero attached hydrogens (tertiary/aromatic N) is 1. The Bertz CT molecular complexity index is 442. The molecule has 0 aliphatic carbocycles. The number of hydrogen-bond acceptors (Lipinski definition) is 1. The number of rotatable bonds is 1. The van der Waals surface area contributed by atoms with Crippen molar-refractivity contribution in [3.05, 3.63) is 52.1 Å². The zero-order valence-electron chi connectivity index (χ0n) is 7.24. The molecule has 0 fully saturated rings. The molecule has 0 saturated carbocycles. The van der Waals surface area contributed by atoms with Crippen LogP contribution in [0.1, 0.15) is 0 Å². The smallest absolute Gasteiger partial charge is 0.213 e. The van der Waals surface area contributed by atoms with Gasteiger partial charge in [0.25, 0.3) is 0 Å². The Morgan fingerprint density at radius 1 is 1.14 bits per heavy atom. The summed E-state index contributed by atoms with van der Waals surface area (Å²) >= 11 is 2.11. The maximum atomic E-state index is 12.7. The van der Waals surface area contributed by atoms with Crippen LogP contribution in [0.5, 0.6) is 0 Å². The average molecular weight is 299 g/mol. The van der Waals surface area contributed by atoms with Gasteiger partial charge in [0.15, 0.2) is 0 Å². The first kappa shape index (κ1) is 9.58. The molecule has 0 N–H and O–H groups in total. The lowest BCUT2D eigenvalue weighted by Crippen LogP contribution is -1.88. The summed E-state index contributed by atoms with van der Waals surface area (Å²) in [5.74, 6) is -0.436. The van der Waals surface area contributed by atoms with Gasteiger partial charge in [-0.05, 0) is 28.2 Å². The predicted molar refractivity (Wildman–Crippen MR) is 62.3 cm³/mol. The molecule has 0 spiro atoms. The van der Waals surface area contributed by atoms with Gasteiger partial charge in [0, 0.05) is 21.4 Å². The summed E-state index contributed by atoms with van der Waals surface area (Å²) in [6, 6.07) is 11.3. The van der Waals surface area contributed by atoms with Gasteiger partial charge in [-0.15, -0.1) is 0 Å². The van der Waals surface area contributed by atoms with E-state index in [4.69, 9.17) is 0 Å². The Balaban J connectivity index is 2.53. The van der Waals surface area contributed by atoms with Gasteiger partial charge in [0.2, 0.25) is 5.95 Å². The van der Waals surface area contributed by atoms with Crippen LogP contribution in [0.2, 0.25) is 0 Å². The van der Waals surface area contributed by atoms with Crippen molar-refractivity contribution in [2.75, 3.05) is 0 Å². The molecule has 70 valence electrons. The second-order valence-electron chi connectivity index (χ2n) is 2.85. The predicted octanol–water partition coefficient (Wildman–Crippen LogP) is 3.49. The maximum Gasteiger partial charge on any atom is 0.213 e. The van der Waals surface area contributed by atoms with Crippen molar-refractivity contribution < 1.29 is 4.39 Å². The van der Waals surface area contributed by atoms with Crippen molar-refractivity contribution in [1.82, 2.24) is 4.98 Å². The molecule has 0 saturated heterocycles. The van der Waals surface area contributed by atoms with Gasteiger partial charge in [-0.2, -0.15) is 4.39 Å². The summed E-state index contributed by atoms with van der Waals surface area (Å²) in [5.41, 5.74) is 2.03. The molecule has 0 aliphatic heterocycles. The van der Waals surface area contributed by atoms with Crippen LogP contribution in [0.25, 0.3) is 11.1 Å². The Kier molecular flexibility index (Phi) is 2.77. The van der Waals surface area contributed by atoms with E-state index in [0.717, 1.165) is 14.7 Å². The van der Waals surface area contributed by atoms with Crippen molar-refractivity contribution >= 4 is 22.6 Å². The lowest BCUT2D eigenvalue weighted by molar-refractivity contribution is 0.583. The average Bonchev–Trinajstić information content (AvgIpc) is 2.19. The van der Waals surface area contributed by atoms with Crippen LogP contribution in [0.3, 0.4) is 0 Å². The molecule has 0 aliphatic rings. The minimum atomic E-state index is -0.436. The highest BCUT2D eigenvalue weighted by Crippen LogP contribution is 2.24. The molecule has 2 rings (SSSR count). The summed E-state index contributed by atoms with van der Waals surface area (Å²) in [7, 11) is 0. The molecule has 1 aromatic carbocycles. The third kappa shape index (κ3) is 1.92. The van der Waals surface area contributed by atoms with E-state index < -0.39 is 5.95 Å². The molecule has 0 radical (unpaired) electrons. The molecule has 3 heteroatoms. The van der Waals surface area contributed by atoms with Crippen LogP contribution in [0.15, 0.2) is 42.6 Å². The van der Waals surface area contributed by atoms with Gasteiger partial charge in [0.1, 0.15) is 0 Å². The van der Waals surface area contributed by atoms with Gasteiger partial charge in [-0.25, -0.2) is 4.98 Å². The Hall–Kier alpha value is -0.970. The van der Waals surface area contributed by atoms with Gasteiger partial charge >= 0.3 is 0 Å². The van der Waals surface area contributed by atoms with Crippen LogP contribution in [0, 0.1) is 9.52 Å². The summed E-state index contributed by atoms with van der Waals surface area (Å²) < 4.78 is 13.6. The third-order valence-corrected chi connectivity index (χ3v) is 2.80. The SMILES string of the molecule is Fc1cc(I)c(-c2ccccc2)cn1. The summed E-state index contributed by atoms with van der Waals surface area (Å²) in [5, 5.41) is 0.